The highest BCUT2D eigenvalue weighted by Crippen LogP contribution is 2.23. The van der Waals surface area contributed by atoms with Crippen molar-refractivity contribution in [1.29, 1.82) is 0 Å². The van der Waals surface area contributed by atoms with Crippen LogP contribution in [0, 0.1) is 0 Å². The lowest BCUT2D eigenvalue weighted by Crippen LogP contribution is -2.21. The summed E-state index contributed by atoms with van der Waals surface area (Å²) in [7, 11) is 0. The predicted octanol–water partition coefficient (Wildman–Crippen LogP) is 3.73. The molecule has 0 aliphatic heterocycles. The molecular formula is C14H21N3S2. The lowest BCUT2D eigenvalue weighted by atomic mass is 10.4. The van der Waals surface area contributed by atoms with Gasteiger partial charge >= 0.3 is 0 Å². The van der Waals surface area contributed by atoms with Crippen molar-refractivity contribution < 1.29 is 0 Å². The largest absolute Gasteiger partial charge is 0.343 e. The Kier molecular flexibility index (Phi) is 5.82. The quantitative estimate of drug-likeness (QED) is 0.752. The van der Waals surface area contributed by atoms with Crippen molar-refractivity contribution in [2.24, 2.45) is 0 Å². The second kappa shape index (κ2) is 7.62. The highest BCUT2D eigenvalue weighted by molar-refractivity contribution is 7.13. The first kappa shape index (κ1) is 14.5. The molecule has 0 saturated carbocycles. The smallest absolute Gasteiger partial charge is 0.185 e. The second-order valence-electron chi connectivity index (χ2n) is 4.39. The molecule has 0 bridgehead atoms. The van der Waals surface area contributed by atoms with Crippen molar-refractivity contribution in [3.8, 4) is 0 Å². The average molecular weight is 295 g/mol. The first-order valence-electron chi connectivity index (χ1n) is 6.76. The van der Waals surface area contributed by atoms with E-state index >= 15 is 0 Å². The van der Waals surface area contributed by atoms with Gasteiger partial charge in [0.15, 0.2) is 5.13 Å². The summed E-state index contributed by atoms with van der Waals surface area (Å²) in [5.41, 5.74) is 1.15. The normalized spacial score (nSPS) is 10.8. The zero-order valence-electron chi connectivity index (χ0n) is 11.6. The van der Waals surface area contributed by atoms with E-state index in [9.17, 15) is 0 Å². The molecule has 0 radical (unpaired) electrons. The summed E-state index contributed by atoms with van der Waals surface area (Å²) in [5, 5.41) is 8.82. The Morgan fingerprint density at radius 1 is 1.32 bits per heavy atom. The molecule has 0 fully saturated rings. The molecule has 0 aromatic carbocycles. The van der Waals surface area contributed by atoms with Crippen molar-refractivity contribution in [3.05, 3.63) is 33.5 Å². The monoisotopic (exact) mass is 295 g/mol. The minimum Gasteiger partial charge on any atom is -0.343 e. The van der Waals surface area contributed by atoms with E-state index in [4.69, 9.17) is 4.98 Å². The fourth-order valence-electron chi connectivity index (χ4n) is 1.82. The second-order valence-corrected chi connectivity index (χ2v) is 6.26. The maximum absolute atomic E-state index is 4.72. The summed E-state index contributed by atoms with van der Waals surface area (Å²) in [4.78, 5) is 8.44. The first-order chi connectivity index (χ1) is 9.33. The summed E-state index contributed by atoms with van der Waals surface area (Å²) in [6.45, 7) is 8.25. The number of thiophene rings is 1. The Hall–Kier alpha value is -0.910. The van der Waals surface area contributed by atoms with Crippen LogP contribution in [0.1, 0.15) is 30.8 Å². The number of hydrogen-bond acceptors (Lipinski definition) is 5. The number of aromatic nitrogens is 1. The molecule has 2 aromatic heterocycles. The summed E-state index contributed by atoms with van der Waals surface area (Å²) in [5.74, 6) is 0. The van der Waals surface area contributed by atoms with Gasteiger partial charge in [-0.1, -0.05) is 13.0 Å². The van der Waals surface area contributed by atoms with Crippen LogP contribution in [0.15, 0.2) is 22.9 Å². The van der Waals surface area contributed by atoms with E-state index in [1.54, 1.807) is 11.3 Å². The van der Waals surface area contributed by atoms with Crippen LogP contribution in [0.3, 0.4) is 0 Å². The van der Waals surface area contributed by atoms with Gasteiger partial charge in [0.2, 0.25) is 0 Å². The number of nitrogens with zero attached hydrogens (tertiary/aromatic N) is 2. The lowest BCUT2D eigenvalue weighted by Gasteiger charge is -2.18. The molecule has 0 saturated heterocycles. The van der Waals surface area contributed by atoms with Crippen molar-refractivity contribution >= 4 is 27.8 Å². The SMILES string of the molecule is CCCNCc1csc(N(CC)Cc2cccs2)n1. The van der Waals surface area contributed by atoms with Crippen LogP contribution in [-0.2, 0) is 13.1 Å². The highest BCUT2D eigenvalue weighted by atomic mass is 32.1. The molecule has 0 atom stereocenters. The molecule has 1 N–H and O–H groups in total. The molecular weight excluding hydrogens is 274 g/mol. The Morgan fingerprint density at radius 2 is 2.21 bits per heavy atom. The molecule has 104 valence electrons. The number of thiazole rings is 1. The molecule has 5 heteroatoms. The van der Waals surface area contributed by atoms with Gasteiger partial charge in [-0.05, 0) is 31.3 Å². The summed E-state index contributed by atoms with van der Waals surface area (Å²) in [6, 6.07) is 4.29. The van der Waals surface area contributed by atoms with Crippen molar-refractivity contribution in [3.63, 3.8) is 0 Å². The third-order valence-corrected chi connectivity index (χ3v) is 4.66. The minimum absolute atomic E-state index is 0.876. The number of rotatable bonds is 8. The molecule has 3 nitrogen and oxygen atoms in total. The zero-order valence-corrected chi connectivity index (χ0v) is 13.2. The molecule has 0 amide bonds. The van der Waals surface area contributed by atoms with Gasteiger partial charge in [0, 0.05) is 23.3 Å². The molecule has 2 heterocycles. The van der Waals surface area contributed by atoms with Crippen molar-refractivity contribution in [2.75, 3.05) is 18.0 Å². The Labute approximate surface area is 123 Å². The maximum atomic E-state index is 4.72. The van der Waals surface area contributed by atoms with E-state index in [1.165, 1.54) is 4.88 Å². The highest BCUT2D eigenvalue weighted by Gasteiger charge is 2.10. The van der Waals surface area contributed by atoms with Crippen LogP contribution in [0.5, 0.6) is 0 Å². The van der Waals surface area contributed by atoms with Crippen LogP contribution in [0.25, 0.3) is 0 Å². The number of anilines is 1. The van der Waals surface area contributed by atoms with Gasteiger partial charge in [-0.3, -0.25) is 0 Å². The summed E-state index contributed by atoms with van der Waals surface area (Å²) >= 11 is 3.55. The third kappa shape index (κ3) is 4.30. The standard InChI is InChI=1S/C14H21N3S2/c1-3-7-15-9-12-11-19-14(16-12)17(4-2)10-13-6-5-8-18-13/h5-6,8,11,15H,3-4,7,9-10H2,1-2H3. The van der Waals surface area contributed by atoms with Gasteiger partial charge in [-0.2, -0.15) is 0 Å². The van der Waals surface area contributed by atoms with E-state index in [0.29, 0.717) is 0 Å². The molecule has 19 heavy (non-hydrogen) atoms. The molecule has 0 aliphatic rings. The maximum Gasteiger partial charge on any atom is 0.185 e. The minimum atomic E-state index is 0.876. The van der Waals surface area contributed by atoms with E-state index in [-0.39, 0.29) is 0 Å². The fourth-order valence-corrected chi connectivity index (χ4v) is 3.43. The molecule has 0 spiro atoms. The topological polar surface area (TPSA) is 28.2 Å². The van der Waals surface area contributed by atoms with Gasteiger partial charge in [0.1, 0.15) is 0 Å². The van der Waals surface area contributed by atoms with Crippen LogP contribution in [-0.4, -0.2) is 18.1 Å². The Balaban J connectivity index is 1.94. The van der Waals surface area contributed by atoms with Gasteiger partial charge in [0.25, 0.3) is 0 Å². The third-order valence-electron chi connectivity index (χ3n) is 2.85. The molecule has 0 unspecified atom stereocenters. The van der Waals surface area contributed by atoms with Crippen molar-refractivity contribution in [1.82, 2.24) is 10.3 Å². The number of nitrogens with one attached hydrogen (secondary N) is 1. The predicted molar refractivity (Wildman–Crippen MR) is 85.2 cm³/mol. The van der Waals surface area contributed by atoms with E-state index in [2.05, 4.69) is 47.0 Å². The van der Waals surface area contributed by atoms with Crippen molar-refractivity contribution in [2.45, 2.75) is 33.4 Å². The molecule has 0 aliphatic carbocycles. The van der Waals surface area contributed by atoms with Crippen LogP contribution < -0.4 is 10.2 Å². The van der Waals surface area contributed by atoms with Crippen LogP contribution >= 0.6 is 22.7 Å². The van der Waals surface area contributed by atoms with Gasteiger partial charge < -0.3 is 10.2 Å². The average Bonchev–Trinajstić information content (AvgIpc) is 3.07. The van der Waals surface area contributed by atoms with Crippen LogP contribution in [0.4, 0.5) is 5.13 Å². The van der Waals surface area contributed by atoms with E-state index in [0.717, 1.165) is 43.4 Å². The summed E-state index contributed by atoms with van der Waals surface area (Å²) in [6.07, 6.45) is 1.16. The Morgan fingerprint density at radius 3 is 2.89 bits per heavy atom. The van der Waals surface area contributed by atoms with Gasteiger partial charge in [-0.25, -0.2) is 4.98 Å². The Bertz CT molecular complexity index is 465. The van der Waals surface area contributed by atoms with E-state index in [1.807, 2.05) is 11.3 Å². The molecule has 2 aromatic rings. The summed E-state index contributed by atoms with van der Waals surface area (Å²) < 4.78 is 0. The van der Waals surface area contributed by atoms with Gasteiger partial charge in [0.05, 0.1) is 12.2 Å². The fraction of sp³-hybridized carbons (Fsp3) is 0.500. The number of hydrogen-bond donors (Lipinski definition) is 1. The van der Waals surface area contributed by atoms with Gasteiger partial charge in [-0.15, -0.1) is 22.7 Å². The lowest BCUT2D eigenvalue weighted by molar-refractivity contribution is 0.665. The zero-order chi connectivity index (χ0) is 13.5. The van der Waals surface area contributed by atoms with Crippen LogP contribution in [0.2, 0.25) is 0 Å². The molecule has 2 rings (SSSR count). The first-order valence-corrected chi connectivity index (χ1v) is 8.51. The van der Waals surface area contributed by atoms with E-state index < -0.39 is 0 Å².